The standard InChI is InChI=1S/C25H32N4O5/c1-5-6-7-19-14-28(13-15(19)2)25(34)23(32)22(31)24(33)26-17(4)18-8-9-20(21(30)12-18)29-11-10-16(3)27-29/h5-12,16-17,22-23,27,30-32H,2,13-14H2,1,3-4H3,(H,26,33)/b6-5-,19-7-/t16?,17-,22-,23-/m1/s1. The van der Waals surface area contributed by atoms with Gasteiger partial charge in [0.1, 0.15) is 5.75 Å². The lowest BCUT2D eigenvalue weighted by molar-refractivity contribution is -0.152. The van der Waals surface area contributed by atoms with Gasteiger partial charge in [-0.2, -0.15) is 0 Å². The summed E-state index contributed by atoms with van der Waals surface area (Å²) in [6.45, 7) is 9.91. The molecule has 1 aromatic carbocycles. The maximum atomic E-state index is 12.6. The number of aliphatic hydroxyl groups is 2. The number of allylic oxidation sites excluding steroid dienone is 3. The first kappa shape index (κ1) is 25.2. The summed E-state index contributed by atoms with van der Waals surface area (Å²) >= 11 is 0. The number of hydrogen-bond donors (Lipinski definition) is 5. The number of carbonyl (C=O) groups excluding carboxylic acids is 2. The van der Waals surface area contributed by atoms with Crippen molar-refractivity contribution in [3.8, 4) is 5.75 Å². The summed E-state index contributed by atoms with van der Waals surface area (Å²) in [7, 11) is 0. The zero-order valence-electron chi connectivity index (χ0n) is 19.6. The van der Waals surface area contributed by atoms with Gasteiger partial charge in [-0.25, -0.2) is 5.43 Å². The summed E-state index contributed by atoms with van der Waals surface area (Å²) in [5, 5.41) is 35.4. The molecule has 1 saturated heterocycles. The number of carbonyl (C=O) groups is 2. The fourth-order valence-electron chi connectivity index (χ4n) is 3.78. The Balaban J connectivity index is 1.60. The molecule has 0 aliphatic carbocycles. The third kappa shape index (κ3) is 5.56. The number of nitrogens with one attached hydrogen (secondary N) is 2. The summed E-state index contributed by atoms with van der Waals surface area (Å²) in [6.07, 6.45) is 5.42. The van der Waals surface area contributed by atoms with Gasteiger partial charge >= 0.3 is 0 Å². The van der Waals surface area contributed by atoms with E-state index in [2.05, 4.69) is 17.3 Å². The Bertz CT molecular complexity index is 1050. The summed E-state index contributed by atoms with van der Waals surface area (Å²) in [5.41, 5.74) is 5.89. The van der Waals surface area contributed by atoms with E-state index >= 15 is 0 Å². The van der Waals surface area contributed by atoms with Crippen molar-refractivity contribution in [1.29, 1.82) is 0 Å². The molecule has 0 aromatic heterocycles. The van der Waals surface area contributed by atoms with Gasteiger partial charge in [0.25, 0.3) is 11.8 Å². The average molecular weight is 469 g/mol. The number of rotatable bonds is 7. The fourth-order valence-corrected chi connectivity index (χ4v) is 3.78. The van der Waals surface area contributed by atoms with Gasteiger partial charge in [-0.1, -0.05) is 30.9 Å². The van der Waals surface area contributed by atoms with Gasteiger partial charge in [0, 0.05) is 25.3 Å². The molecule has 0 bridgehead atoms. The van der Waals surface area contributed by atoms with Crippen LogP contribution in [-0.2, 0) is 9.59 Å². The number of phenolic OH excluding ortho intramolecular Hbond substituents is 1. The Morgan fingerprint density at radius 1 is 1.26 bits per heavy atom. The van der Waals surface area contributed by atoms with Crippen LogP contribution in [-0.4, -0.2) is 63.4 Å². The van der Waals surface area contributed by atoms with Crippen molar-refractivity contribution < 1.29 is 24.9 Å². The van der Waals surface area contributed by atoms with Crippen LogP contribution >= 0.6 is 0 Å². The molecule has 182 valence electrons. The van der Waals surface area contributed by atoms with Crippen LogP contribution in [0.15, 0.2) is 66.4 Å². The van der Waals surface area contributed by atoms with Gasteiger partial charge in [0.2, 0.25) is 0 Å². The molecule has 5 N–H and O–H groups in total. The van der Waals surface area contributed by atoms with E-state index in [0.717, 1.165) is 11.1 Å². The van der Waals surface area contributed by atoms with Gasteiger partial charge < -0.3 is 25.5 Å². The molecule has 0 radical (unpaired) electrons. The summed E-state index contributed by atoms with van der Waals surface area (Å²) < 4.78 is 0. The van der Waals surface area contributed by atoms with E-state index in [0.29, 0.717) is 11.3 Å². The van der Waals surface area contributed by atoms with Crippen LogP contribution in [0.25, 0.3) is 0 Å². The van der Waals surface area contributed by atoms with Gasteiger partial charge in [-0.15, -0.1) is 0 Å². The molecule has 2 amide bonds. The second-order valence-electron chi connectivity index (χ2n) is 8.51. The summed E-state index contributed by atoms with van der Waals surface area (Å²) in [4.78, 5) is 26.5. The average Bonchev–Trinajstić information content (AvgIpc) is 3.41. The molecule has 1 aromatic rings. The number of aromatic hydroxyl groups is 1. The van der Waals surface area contributed by atoms with E-state index in [-0.39, 0.29) is 24.9 Å². The van der Waals surface area contributed by atoms with Crippen molar-refractivity contribution in [2.24, 2.45) is 0 Å². The molecule has 1 fully saturated rings. The third-order valence-corrected chi connectivity index (χ3v) is 5.80. The van der Waals surface area contributed by atoms with Crippen LogP contribution in [0.5, 0.6) is 5.75 Å². The van der Waals surface area contributed by atoms with Crippen LogP contribution in [0.4, 0.5) is 5.69 Å². The number of benzene rings is 1. The Morgan fingerprint density at radius 2 is 2.00 bits per heavy atom. The fraction of sp³-hybridized carbons (Fsp3) is 0.360. The lowest BCUT2D eigenvalue weighted by Crippen LogP contribution is -2.50. The number of nitrogens with zero attached hydrogens (tertiary/aromatic N) is 2. The van der Waals surface area contributed by atoms with Crippen molar-refractivity contribution in [1.82, 2.24) is 15.6 Å². The van der Waals surface area contributed by atoms with Crippen molar-refractivity contribution in [3.63, 3.8) is 0 Å². The number of hydrazine groups is 1. The summed E-state index contributed by atoms with van der Waals surface area (Å²) in [5.74, 6) is -1.63. The van der Waals surface area contributed by atoms with Gasteiger partial charge in [-0.05, 0) is 55.7 Å². The largest absolute Gasteiger partial charge is 0.506 e. The molecule has 2 heterocycles. The highest BCUT2D eigenvalue weighted by Gasteiger charge is 2.36. The highest BCUT2D eigenvalue weighted by Crippen LogP contribution is 2.31. The van der Waals surface area contributed by atoms with E-state index in [4.69, 9.17) is 0 Å². The molecule has 4 atom stereocenters. The van der Waals surface area contributed by atoms with E-state index in [9.17, 15) is 24.9 Å². The molecule has 0 saturated carbocycles. The number of hydrogen-bond acceptors (Lipinski definition) is 7. The number of phenols is 1. The Hall–Kier alpha value is -3.40. The third-order valence-electron chi connectivity index (χ3n) is 5.80. The minimum Gasteiger partial charge on any atom is -0.506 e. The Labute approximate surface area is 199 Å². The first-order valence-electron chi connectivity index (χ1n) is 11.1. The second kappa shape index (κ2) is 10.7. The van der Waals surface area contributed by atoms with E-state index in [1.807, 2.05) is 44.4 Å². The van der Waals surface area contributed by atoms with E-state index < -0.39 is 30.1 Å². The monoisotopic (exact) mass is 468 g/mol. The minimum absolute atomic E-state index is 0.0108. The van der Waals surface area contributed by atoms with Crippen LogP contribution in [0.2, 0.25) is 0 Å². The van der Waals surface area contributed by atoms with Crippen LogP contribution in [0, 0.1) is 0 Å². The van der Waals surface area contributed by atoms with Gasteiger partial charge in [0.15, 0.2) is 12.2 Å². The Kier molecular flexibility index (Phi) is 7.93. The van der Waals surface area contributed by atoms with E-state index in [1.54, 1.807) is 24.1 Å². The lowest BCUT2D eigenvalue weighted by atomic mass is 10.1. The SMILES string of the molecule is C=C1CN(C(=O)[C@H](O)[C@@H](O)C(=O)N[C@H](C)c2ccc(N3C=CC(C)N3)c(O)c2)C/C1=C/C=C\C. The second-order valence-corrected chi connectivity index (χ2v) is 8.51. The molecule has 2 aliphatic heterocycles. The maximum Gasteiger partial charge on any atom is 0.255 e. The molecule has 1 unspecified atom stereocenters. The smallest absolute Gasteiger partial charge is 0.255 e. The van der Waals surface area contributed by atoms with Crippen molar-refractivity contribution in [2.45, 2.75) is 45.1 Å². The first-order valence-corrected chi connectivity index (χ1v) is 11.1. The number of anilines is 1. The van der Waals surface area contributed by atoms with Crippen LogP contribution in [0.1, 0.15) is 32.4 Å². The number of amides is 2. The minimum atomic E-state index is -1.94. The molecule has 0 spiro atoms. The van der Waals surface area contributed by atoms with Crippen LogP contribution < -0.4 is 15.8 Å². The maximum absolute atomic E-state index is 12.6. The first-order chi connectivity index (χ1) is 16.1. The molecule has 3 rings (SSSR count). The molecule has 9 heteroatoms. The Morgan fingerprint density at radius 3 is 2.62 bits per heavy atom. The van der Waals surface area contributed by atoms with Crippen molar-refractivity contribution in [2.75, 3.05) is 18.1 Å². The molecule has 2 aliphatic rings. The quantitative estimate of drug-likeness (QED) is 0.410. The predicted molar refractivity (Wildman–Crippen MR) is 130 cm³/mol. The molecule has 9 nitrogen and oxygen atoms in total. The predicted octanol–water partition coefficient (Wildman–Crippen LogP) is 1.42. The zero-order chi connectivity index (χ0) is 25.0. The highest BCUT2D eigenvalue weighted by atomic mass is 16.3. The van der Waals surface area contributed by atoms with Crippen molar-refractivity contribution in [3.05, 3.63) is 72.0 Å². The highest BCUT2D eigenvalue weighted by molar-refractivity contribution is 5.91. The zero-order valence-corrected chi connectivity index (χ0v) is 19.6. The topological polar surface area (TPSA) is 125 Å². The number of aliphatic hydroxyl groups excluding tert-OH is 2. The van der Waals surface area contributed by atoms with E-state index in [1.165, 1.54) is 11.0 Å². The normalized spacial score (nSPS) is 22.0. The van der Waals surface area contributed by atoms with Crippen molar-refractivity contribution >= 4 is 17.5 Å². The molecular weight excluding hydrogens is 436 g/mol. The molecule has 34 heavy (non-hydrogen) atoms. The molecular formula is C25H32N4O5. The summed E-state index contributed by atoms with van der Waals surface area (Å²) in [6, 6.07) is 4.51. The van der Waals surface area contributed by atoms with Gasteiger partial charge in [0.05, 0.1) is 11.7 Å². The van der Waals surface area contributed by atoms with Gasteiger partial charge in [-0.3, -0.25) is 14.6 Å². The number of likely N-dealkylation sites (tertiary alicyclic amines) is 1. The van der Waals surface area contributed by atoms with Crippen LogP contribution in [0.3, 0.4) is 0 Å². The lowest BCUT2D eigenvalue weighted by Gasteiger charge is -2.24.